The van der Waals surface area contributed by atoms with Gasteiger partial charge >= 0.3 is 6.09 Å². The van der Waals surface area contributed by atoms with Crippen molar-refractivity contribution in [3.8, 4) is 0 Å². The average Bonchev–Trinajstić information content (AvgIpc) is 2.69. The van der Waals surface area contributed by atoms with E-state index in [9.17, 15) is 4.79 Å². The summed E-state index contributed by atoms with van der Waals surface area (Å²) in [4.78, 5) is 23.0. The number of rotatable bonds is 4. The quantitative estimate of drug-likeness (QED) is 0.334. The number of aromatic nitrogens is 2. The van der Waals surface area contributed by atoms with Crippen molar-refractivity contribution in [2.75, 3.05) is 29.0 Å². The number of aryl methyl sites for hydroxylation is 1. The monoisotopic (exact) mass is 493 g/mol. The summed E-state index contributed by atoms with van der Waals surface area (Å²) in [6.45, 7) is 8.61. The molecule has 3 rings (SSSR count). The average molecular weight is 494 g/mol. The van der Waals surface area contributed by atoms with Gasteiger partial charge in [-0.3, -0.25) is 10.7 Å². The number of carbonyl (C=O) groups excluding carboxylic acids is 1. The van der Waals surface area contributed by atoms with Crippen LogP contribution in [0.4, 0.5) is 22.2 Å². The Labute approximate surface area is 203 Å². The topological polar surface area (TPSA) is 115 Å². The van der Waals surface area contributed by atoms with Crippen LogP contribution in [-0.4, -0.2) is 51.7 Å². The SMILES string of the molecule is Cc1cc(NC2CCCN(C(=O)OC(C)(C)C)C2)nc(NC(=N)Nc2ccc(Cl)c(Cl)c2)n1. The molecule has 4 N–H and O–H groups in total. The molecule has 2 aromatic rings. The van der Waals surface area contributed by atoms with Crippen molar-refractivity contribution in [1.82, 2.24) is 14.9 Å². The molecule has 1 aromatic heterocycles. The number of nitrogens with zero attached hydrogens (tertiary/aromatic N) is 3. The lowest BCUT2D eigenvalue weighted by Crippen LogP contribution is -2.47. The van der Waals surface area contributed by atoms with Crippen molar-refractivity contribution in [2.45, 2.75) is 52.2 Å². The van der Waals surface area contributed by atoms with Gasteiger partial charge in [0.1, 0.15) is 11.4 Å². The number of guanidine groups is 1. The van der Waals surface area contributed by atoms with Crippen LogP contribution in [-0.2, 0) is 4.74 Å². The predicted molar refractivity (Wildman–Crippen MR) is 133 cm³/mol. The normalized spacial score (nSPS) is 16.2. The maximum absolute atomic E-state index is 12.4. The summed E-state index contributed by atoms with van der Waals surface area (Å²) in [5.41, 5.74) is 0.812. The molecule has 11 heteroatoms. The molecule has 1 aromatic carbocycles. The molecule has 0 radical (unpaired) electrons. The van der Waals surface area contributed by atoms with Gasteiger partial charge in [-0.2, -0.15) is 4.98 Å². The van der Waals surface area contributed by atoms with E-state index >= 15 is 0 Å². The van der Waals surface area contributed by atoms with Gasteiger partial charge in [0.05, 0.1) is 10.0 Å². The molecule has 1 aliphatic heterocycles. The fourth-order valence-corrected chi connectivity index (χ4v) is 3.65. The first-order valence-corrected chi connectivity index (χ1v) is 11.4. The van der Waals surface area contributed by atoms with E-state index in [1.54, 1.807) is 23.1 Å². The third kappa shape index (κ3) is 7.64. The number of hydrogen-bond acceptors (Lipinski definition) is 6. The van der Waals surface area contributed by atoms with Crippen LogP contribution in [0.1, 0.15) is 39.3 Å². The third-order valence-electron chi connectivity index (χ3n) is 4.71. The van der Waals surface area contributed by atoms with Crippen LogP contribution in [0.3, 0.4) is 0 Å². The van der Waals surface area contributed by atoms with Crippen molar-refractivity contribution in [3.05, 3.63) is 40.0 Å². The van der Waals surface area contributed by atoms with Gasteiger partial charge in [0.25, 0.3) is 0 Å². The van der Waals surface area contributed by atoms with Crippen molar-refractivity contribution >= 4 is 52.7 Å². The highest BCUT2D eigenvalue weighted by Gasteiger charge is 2.27. The van der Waals surface area contributed by atoms with E-state index in [1.165, 1.54) is 0 Å². The molecule has 1 atom stereocenters. The van der Waals surface area contributed by atoms with E-state index in [0.29, 0.717) is 34.6 Å². The molecule has 1 amide bonds. The Hall–Kier alpha value is -2.78. The van der Waals surface area contributed by atoms with Gasteiger partial charge < -0.3 is 20.3 Å². The molecule has 0 aliphatic carbocycles. The smallest absolute Gasteiger partial charge is 0.410 e. The van der Waals surface area contributed by atoms with E-state index in [-0.39, 0.29) is 24.0 Å². The number of benzene rings is 1. The Morgan fingerprint density at radius 3 is 2.64 bits per heavy atom. The van der Waals surface area contributed by atoms with Crippen molar-refractivity contribution in [2.24, 2.45) is 0 Å². The Morgan fingerprint density at radius 2 is 1.94 bits per heavy atom. The summed E-state index contributed by atoms with van der Waals surface area (Å²) >= 11 is 12.0. The van der Waals surface area contributed by atoms with E-state index < -0.39 is 5.60 Å². The number of halogens is 2. The second kappa shape index (κ2) is 10.4. The first-order chi connectivity index (χ1) is 15.5. The Bertz CT molecular complexity index is 1030. The Morgan fingerprint density at radius 1 is 1.18 bits per heavy atom. The minimum Gasteiger partial charge on any atom is -0.444 e. The van der Waals surface area contributed by atoms with Crippen molar-refractivity contribution < 1.29 is 9.53 Å². The van der Waals surface area contributed by atoms with Crippen LogP contribution in [0.15, 0.2) is 24.3 Å². The molecule has 9 nitrogen and oxygen atoms in total. The van der Waals surface area contributed by atoms with Crippen molar-refractivity contribution in [3.63, 3.8) is 0 Å². The number of ether oxygens (including phenoxy) is 1. The number of carbonyl (C=O) groups is 1. The first kappa shape index (κ1) is 24.9. The van der Waals surface area contributed by atoms with Gasteiger partial charge in [-0.25, -0.2) is 9.78 Å². The summed E-state index contributed by atoms with van der Waals surface area (Å²) in [5, 5.41) is 18.1. The number of anilines is 3. The van der Waals surface area contributed by atoms with Gasteiger partial charge in [-0.1, -0.05) is 23.2 Å². The second-order valence-electron chi connectivity index (χ2n) is 8.88. The van der Waals surface area contributed by atoms with E-state index in [2.05, 4.69) is 25.9 Å². The molecule has 33 heavy (non-hydrogen) atoms. The highest BCUT2D eigenvalue weighted by Crippen LogP contribution is 2.25. The summed E-state index contributed by atoms with van der Waals surface area (Å²) in [5.74, 6) is 0.872. The van der Waals surface area contributed by atoms with Crippen molar-refractivity contribution in [1.29, 1.82) is 5.41 Å². The number of likely N-dealkylation sites (tertiary alicyclic amines) is 1. The molecule has 1 saturated heterocycles. The molecule has 0 bridgehead atoms. The van der Waals surface area contributed by atoms with E-state index in [4.69, 9.17) is 33.3 Å². The largest absolute Gasteiger partial charge is 0.444 e. The predicted octanol–water partition coefficient (Wildman–Crippen LogP) is 5.36. The second-order valence-corrected chi connectivity index (χ2v) is 9.70. The Balaban J connectivity index is 1.61. The van der Waals surface area contributed by atoms with Crippen LogP contribution in [0.25, 0.3) is 0 Å². The highest BCUT2D eigenvalue weighted by atomic mass is 35.5. The van der Waals surface area contributed by atoms with Crippen LogP contribution in [0.5, 0.6) is 0 Å². The zero-order chi connectivity index (χ0) is 24.2. The summed E-state index contributed by atoms with van der Waals surface area (Å²) < 4.78 is 5.50. The minimum absolute atomic E-state index is 0.0151. The maximum atomic E-state index is 12.4. The fourth-order valence-electron chi connectivity index (χ4n) is 3.36. The van der Waals surface area contributed by atoms with Crippen LogP contribution in [0, 0.1) is 12.3 Å². The molecule has 2 heterocycles. The summed E-state index contributed by atoms with van der Waals surface area (Å²) in [6, 6.07) is 6.85. The number of hydrogen-bond donors (Lipinski definition) is 4. The van der Waals surface area contributed by atoms with Gasteiger partial charge in [-0.15, -0.1) is 0 Å². The first-order valence-electron chi connectivity index (χ1n) is 10.7. The molecular weight excluding hydrogens is 465 g/mol. The fraction of sp³-hybridized carbons (Fsp3) is 0.455. The molecule has 1 aliphatic rings. The molecule has 0 saturated carbocycles. The molecule has 0 spiro atoms. The molecule has 1 fully saturated rings. The van der Waals surface area contributed by atoms with E-state index in [1.807, 2.05) is 33.8 Å². The van der Waals surface area contributed by atoms with Gasteiger partial charge in [0.15, 0.2) is 5.96 Å². The molecule has 178 valence electrons. The lowest BCUT2D eigenvalue weighted by atomic mass is 10.1. The third-order valence-corrected chi connectivity index (χ3v) is 5.44. The number of piperidine rings is 1. The van der Waals surface area contributed by atoms with Crippen LogP contribution >= 0.6 is 23.2 Å². The zero-order valence-electron chi connectivity index (χ0n) is 19.1. The zero-order valence-corrected chi connectivity index (χ0v) is 20.6. The minimum atomic E-state index is -0.530. The summed E-state index contributed by atoms with van der Waals surface area (Å²) in [7, 11) is 0. The van der Waals surface area contributed by atoms with Gasteiger partial charge in [-0.05, 0) is 58.7 Å². The lowest BCUT2D eigenvalue weighted by molar-refractivity contribution is 0.0206. The van der Waals surface area contributed by atoms with E-state index in [0.717, 1.165) is 18.5 Å². The lowest BCUT2D eigenvalue weighted by Gasteiger charge is -2.34. The summed E-state index contributed by atoms with van der Waals surface area (Å²) in [6.07, 6.45) is 1.46. The number of nitrogens with one attached hydrogen (secondary N) is 4. The Kier molecular flexibility index (Phi) is 7.86. The van der Waals surface area contributed by atoms with Gasteiger partial charge in [0, 0.05) is 36.6 Å². The standard InChI is InChI=1S/C22H29Cl2N7O2/c1-13-10-18(27-15-6-5-9-31(12-15)21(32)33-22(2,3)4)29-20(26-13)30-19(25)28-14-7-8-16(23)17(24)11-14/h7-8,10-11,15H,5-6,9,12H2,1-4H3,(H4,25,26,27,28,29,30). The maximum Gasteiger partial charge on any atom is 0.410 e. The molecular formula is C22H29Cl2N7O2. The van der Waals surface area contributed by atoms with Crippen LogP contribution in [0.2, 0.25) is 10.0 Å². The highest BCUT2D eigenvalue weighted by molar-refractivity contribution is 6.42. The van der Waals surface area contributed by atoms with Gasteiger partial charge in [0.2, 0.25) is 5.95 Å². The number of amides is 1. The molecule has 1 unspecified atom stereocenters. The van der Waals surface area contributed by atoms with Crippen LogP contribution < -0.4 is 16.0 Å².